The zero-order valence-corrected chi connectivity index (χ0v) is 35.4. The lowest BCUT2D eigenvalue weighted by Crippen LogP contribution is -2.26. The van der Waals surface area contributed by atoms with E-state index in [9.17, 15) is 0 Å². The molecule has 14 rings (SSSR count). The fourth-order valence-electron chi connectivity index (χ4n) is 11.6. The van der Waals surface area contributed by atoms with E-state index in [4.69, 9.17) is 4.42 Å². The Morgan fingerprint density at radius 1 is 0.323 bits per heavy atom. The summed E-state index contributed by atoms with van der Waals surface area (Å²) in [5, 5.41) is 7.09. The smallest absolute Gasteiger partial charge is 0.136 e. The van der Waals surface area contributed by atoms with Gasteiger partial charge in [0.2, 0.25) is 0 Å². The van der Waals surface area contributed by atoms with Gasteiger partial charge >= 0.3 is 0 Å². The fraction of sp³-hybridized carbons (Fsp3) is 0.0159. The predicted octanol–water partition coefficient (Wildman–Crippen LogP) is 17.0. The number of para-hydroxylation sites is 1. The average Bonchev–Trinajstić information content (AvgIpc) is 4.00. The van der Waals surface area contributed by atoms with Crippen LogP contribution in [0, 0.1) is 0 Å². The third-order valence-electron chi connectivity index (χ3n) is 14.3. The Hall–Kier alpha value is -8.46. The number of nitrogens with zero attached hydrogens (tertiary/aromatic N) is 1. The molecule has 0 aliphatic heterocycles. The van der Waals surface area contributed by atoms with Crippen molar-refractivity contribution in [2.24, 2.45) is 0 Å². The van der Waals surface area contributed by atoms with Gasteiger partial charge in [-0.15, -0.1) is 0 Å². The molecule has 1 spiro atoms. The monoisotopic (exact) mass is 825 g/mol. The molecule has 2 nitrogen and oxygen atoms in total. The van der Waals surface area contributed by atoms with Crippen LogP contribution in [0.15, 0.2) is 241 Å². The molecule has 0 amide bonds. The van der Waals surface area contributed by atoms with Crippen molar-refractivity contribution in [3.63, 3.8) is 0 Å². The van der Waals surface area contributed by atoms with Crippen molar-refractivity contribution >= 4 is 60.5 Å². The number of anilines is 3. The second-order valence-corrected chi connectivity index (χ2v) is 17.5. The van der Waals surface area contributed by atoms with Crippen LogP contribution in [0.25, 0.3) is 88.0 Å². The molecule has 0 bridgehead atoms. The van der Waals surface area contributed by atoms with Gasteiger partial charge in [-0.05, 0) is 120 Å². The molecule has 0 saturated carbocycles. The first kappa shape index (κ1) is 36.1. The lowest BCUT2D eigenvalue weighted by molar-refractivity contribution is 0.669. The van der Waals surface area contributed by atoms with E-state index in [-0.39, 0.29) is 0 Å². The van der Waals surface area contributed by atoms with Crippen LogP contribution in [0.2, 0.25) is 0 Å². The van der Waals surface area contributed by atoms with E-state index in [1.54, 1.807) is 0 Å². The van der Waals surface area contributed by atoms with E-state index < -0.39 is 5.41 Å². The highest BCUT2D eigenvalue weighted by Crippen LogP contribution is 2.65. The standard InChI is InChI=1S/C63H39NO/c1-2-18-43-39-60-52(38-42(43)17-1)61-50(26-14-33-59(61)65-60)49-23-8-12-31-57(49)64(44-36-34-41(35-37-44)46-25-13-19-40-16-3-4-20-45(40)46)58-32-15-30-56-62(58)51-24-7-11-29-55(51)63(56)53-27-9-5-21-47(53)48-22-6-10-28-54(48)63/h1-39H. The number of rotatable bonds is 5. The highest BCUT2D eigenvalue weighted by Gasteiger charge is 2.52. The fourth-order valence-corrected chi connectivity index (χ4v) is 11.6. The van der Waals surface area contributed by atoms with Crippen LogP contribution < -0.4 is 4.90 Å². The van der Waals surface area contributed by atoms with E-state index in [1.165, 1.54) is 77.2 Å². The molecule has 0 radical (unpaired) electrons. The van der Waals surface area contributed by atoms with Gasteiger partial charge in [-0.1, -0.05) is 194 Å². The van der Waals surface area contributed by atoms with Crippen LogP contribution >= 0.6 is 0 Å². The van der Waals surface area contributed by atoms with Gasteiger partial charge in [0.1, 0.15) is 11.2 Å². The summed E-state index contributed by atoms with van der Waals surface area (Å²) in [7, 11) is 0. The molecule has 2 heteroatoms. The van der Waals surface area contributed by atoms with Gasteiger partial charge in [0.15, 0.2) is 0 Å². The maximum atomic E-state index is 6.67. The van der Waals surface area contributed by atoms with Gasteiger partial charge in [0.25, 0.3) is 0 Å². The van der Waals surface area contributed by atoms with Crippen molar-refractivity contribution in [3.8, 4) is 44.5 Å². The highest BCUT2D eigenvalue weighted by atomic mass is 16.3. The molecule has 0 saturated heterocycles. The van der Waals surface area contributed by atoms with Gasteiger partial charge in [0, 0.05) is 27.6 Å². The molecule has 0 unspecified atom stereocenters. The summed E-state index contributed by atoms with van der Waals surface area (Å²) in [4.78, 5) is 2.51. The molecule has 2 aliphatic carbocycles. The third-order valence-corrected chi connectivity index (χ3v) is 14.3. The number of benzene rings is 11. The van der Waals surface area contributed by atoms with Gasteiger partial charge in [-0.3, -0.25) is 0 Å². The Kier molecular flexibility index (Phi) is 7.64. The minimum Gasteiger partial charge on any atom is -0.456 e. The minimum absolute atomic E-state index is 0.470. The van der Waals surface area contributed by atoms with Crippen LogP contribution in [0.1, 0.15) is 22.3 Å². The maximum absolute atomic E-state index is 6.67. The molecule has 65 heavy (non-hydrogen) atoms. The quantitative estimate of drug-likeness (QED) is 0.172. The summed E-state index contributed by atoms with van der Waals surface area (Å²) in [6, 6.07) is 87.1. The van der Waals surface area contributed by atoms with E-state index in [0.29, 0.717) is 0 Å². The van der Waals surface area contributed by atoms with Crippen LogP contribution in [-0.2, 0) is 5.41 Å². The molecule has 2 aliphatic rings. The van der Waals surface area contributed by atoms with E-state index in [2.05, 4.69) is 241 Å². The van der Waals surface area contributed by atoms with Crippen molar-refractivity contribution < 1.29 is 4.42 Å². The summed E-state index contributed by atoms with van der Waals surface area (Å²) in [6.45, 7) is 0. The van der Waals surface area contributed by atoms with Crippen LogP contribution in [0.5, 0.6) is 0 Å². The SMILES string of the molecule is c1ccc(N(c2ccc(-c3cccc4ccccc34)cc2)c2cccc3c2-c2ccccc2C32c3ccccc3-c3ccccc32)c(-c2cccc3oc4cc5ccccc5cc4c23)c1. The van der Waals surface area contributed by atoms with Gasteiger partial charge in [-0.25, -0.2) is 0 Å². The first-order chi connectivity index (χ1) is 32.3. The lowest BCUT2D eigenvalue weighted by atomic mass is 9.70. The van der Waals surface area contributed by atoms with Crippen LogP contribution in [0.3, 0.4) is 0 Å². The molecule has 0 N–H and O–H groups in total. The van der Waals surface area contributed by atoms with Crippen molar-refractivity contribution in [1.82, 2.24) is 0 Å². The summed E-state index contributed by atoms with van der Waals surface area (Å²) in [5.74, 6) is 0. The van der Waals surface area contributed by atoms with Crippen molar-refractivity contribution in [1.29, 1.82) is 0 Å². The Labute approximate surface area is 376 Å². The molecule has 1 heterocycles. The summed E-state index contributed by atoms with van der Waals surface area (Å²) < 4.78 is 6.67. The zero-order chi connectivity index (χ0) is 42.6. The van der Waals surface area contributed by atoms with Crippen molar-refractivity contribution in [3.05, 3.63) is 259 Å². The molecule has 11 aromatic carbocycles. The number of hydrogen-bond donors (Lipinski definition) is 0. The largest absolute Gasteiger partial charge is 0.456 e. The topological polar surface area (TPSA) is 16.4 Å². The second kappa shape index (κ2) is 13.8. The van der Waals surface area contributed by atoms with Crippen LogP contribution in [-0.4, -0.2) is 0 Å². The van der Waals surface area contributed by atoms with E-state index in [1.807, 2.05) is 0 Å². The predicted molar refractivity (Wildman–Crippen MR) is 271 cm³/mol. The van der Waals surface area contributed by atoms with Gasteiger partial charge in [-0.2, -0.15) is 0 Å². The maximum Gasteiger partial charge on any atom is 0.136 e. The third kappa shape index (κ3) is 5.05. The summed E-state index contributed by atoms with van der Waals surface area (Å²) in [6.07, 6.45) is 0. The Bertz CT molecular complexity index is 3860. The molecule has 0 fully saturated rings. The molecule has 1 aromatic heterocycles. The Balaban J connectivity index is 1.05. The summed E-state index contributed by atoms with van der Waals surface area (Å²) in [5.41, 5.74) is 19.7. The zero-order valence-electron chi connectivity index (χ0n) is 35.4. The summed E-state index contributed by atoms with van der Waals surface area (Å²) >= 11 is 0. The lowest BCUT2D eigenvalue weighted by Gasteiger charge is -2.32. The Morgan fingerprint density at radius 2 is 0.846 bits per heavy atom. The highest BCUT2D eigenvalue weighted by molar-refractivity contribution is 6.17. The number of furan rings is 1. The van der Waals surface area contributed by atoms with E-state index >= 15 is 0 Å². The Morgan fingerprint density at radius 3 is 1.62 bits per heavy atom. The first-order valence-corrected chi connectivity index (χ1v) is 22.5. The van der Waals surface area contributed by atoms with Gasteiger partial charge < -0.3 is 9.32 Å². The average molecular weight is 826 g/mol. The minimum atomic E-state index is -0.470. The molecule has 12 aromatic rings. The molecule has 302 valence electrons. The van der Waals surface area contributed by atoms with Gasteiger partial charge in [0.05, 0.1) is 16.8 Å². The number of fused-ring (bicyclic) bond motifs is 15. The van der Waals surface area contributed by atoms with Crippen LogP contribution in [0.4, 0.5) is 17.1 Å². The molecular weight excluding hydrogens is 787 g/mol. The second-order valence-electron chi connectivity index (χ2n) is 17.5. The molecular formula is C63H39NO. The first-order valence-electron chi connectivity index (χ1n) is 22.5. The van der Waals surface area contributed by atoms with Crippen molar-refractivity contribution in [2.45, 2.75) is 5.41 Å². The number of hydrogen-bond acceptors (Lipinski definition) is 2. The molecule has 0 atom stereocenters. The van der Waals surface area contributed by atoms with Crippen molar-refractivity contribution in [2.75, 3.05) is 4.90 Å². The normalized spacial score (nSPS) is 13.0. The van der Waals surface area contributed by atoms with E-state index in [0.717, 1.165) is 50.1 Å².